The molecular formula is C17H15F3N2O2. The number of phenolic OH excluding ortho intramolecular Hbond substituents is 1. The number of rotatable bonds is 3. The van der Waals surface area contributed by atoms with Gasteiger partial charge in [-0.1, -0.05) is 18.2 Å². The number of nitrogens with one attached hydrogen (secondary N) is 1. The van der Waals surface area contributed by atoms with E-state index in [2.05, 4.69) is 10.5 Å². The van der Waals surface area contributed by atoms with Gasteiger partial charge in [-0.3, -0.25) is 4.79 Å². The predicted molar refractivity (Wildman–Crippen MR) is 84.0 cm³/mol. The summed E-state index contributed by atoms with van der Waals surface area (Å²) in [5, 5.41) is 13.5. The highest BCUT2D eigenvalue weighted by Crippen LogP contribution is 2.32. The van der Waals surface area contributed by atoms with Crippen LogP contribution in [0.4, 0.5) is 13.2 Å². The summed E-state index contributed by atoms with van der Waals surface area (Å²) in [7, 11) is 0. The van der Waals surface area contributed by atoms with Crippen LogP contribution in [0.1, 0.15) is 34.0 Å². The minimum Gasteiger partial charge on any atom is -0.507 e. The molecule has 2 aromatic rings. The molecule has 0 saturated carbocycles. The average molecular weight is 336 g/mol. The van der Waals surface area contributed by atoms with E-state index in [4.69, 9.17) is 0 Å². The first-order valence-corrected chi connectivity index (χ1v) is 7.01. The molecule has 2 aromatic carbocycles. The number of hydrazone groups is 1. The van der Waals surface area contributed by atoms with E-state index < -0.39 is 17.6 Å². The van der Waals surface area contributed by atoms with E-state index in [0.717, 1.165) is 23.8 Å². The number of alkyl halides is 3. The Morgan fingerprint density at radius 3 is 2.42 bits per heavy atom. The van der Waals surface area contributed by atoms with Crippen LogP contribution < -0.4 is 5.43 Å². The van der Waals surface area contributed by atoms with Crippen molar-refractivity contribution in [1.82, 2.24) is 5.43 Å². The van der Waals surface area contributed by atoms with Crippen molar-refractivity contribution in [3.63, 3.8) is 0 Å². The molecule has 0 atom stereocenters. The van der Waals surface area contributed by atoms with Crippen molar-refractivity contribution in [3.05, 3.63) is 64.7 Å². The fourth-order valence-electron chi connectivity index (χ4n) is 2.08. The molecular weight excluding hydrogens is 321 g/mol. The number of hydrogen-bond donors (Lipinski definition) is 2. The van der Waals surface area contributed by atoms with Gasteiger partial charge >= 0.3 is 6.18 Å². The average Bonchev–Trinajstić information content (AvgIpc) is 2.52. The third kappa shape index (κ3) is 3.92. The zero-order valence-corrected chi connectivity index (χ0v) is 13.0. The van der Waals surface area contributed by atoms with Crippen molar-refractivity contribution in [2.24, 2.45) is 5.10 Å². The summed E-state index contributed by atoms with van der Waals surface area (Å²) >= 11 is 0. The van der Waals surface area contributed by atoms with Crippen LogP contribution in [0.2, 0.25) is 0 Å². The van der Waals surface area contributed by atoms with E-state index in [-0.39, 0.29) is 17.0 Å². The van der Waals surface area contributed by atoms with Crippen molar-refractivity contribution in [2.45, 2.75) is 20.0 Å². The molecule has 0 radical (unpaired) electrons. The Bertz CT molecular complexity index is 799. The second-order valence-corrected chi connectivity index (χ2v) is 5.18. The summed E-state index contributed by atoms with van der Waals surface area (Å²) in [5.41, 5.74) is 2.47. The monoisotopic (exact) mass is 336 g/mol. The summed E-state index contributed by atoms with van der Waals surface area (Å²) in [6.45, 7) is 3.15. The highest BCUT2D eigenvalue weighted by Gasteiger charge is 2.31. The summed E-state index contributed by atoms with van der Waals surface area (Å²) < 4.78 is 38.3. The molecule has 2 rings (SSSR count). The molecule has 0 saturated heterocycles. The molecule has 0 aliphatic carbocycles. The van der Waals surface area contributed by atoms with Gasteiger partial charge in [-0.25, -0.2) is 5.43 Å². The lowest BCUT2D eigenvalue weighted by Crippen LogP contribution is -2.20. The number of carbonyl (C=O) groups is 1. The first-order chi connectivity index (χ1) is 11.2. The maximum absolute atomic E-state index is 12.8. The molecule has 0 spiro atoms. The molecule has 126 valence electrons. The zero-order chi connectivity index (χ0) is 17.9. The van der Waals surface area contributed by atoms with E-state index in [1.165, 1.54) is 6.92 Å². The van der Waals surface area contributed by atoms with Crippen LogP contribution in [0, 0.1) is 6.92 Å². The minimum absolute atomic E-state index is 0.0561. The van der Waals surface area contributed by atoms with E-state index in [1.54, 1.807) is 31.2 Å². The van der Waals surface area contributed by atoms with Crippen LogP contribution >= 0.6 is 0 Å². The molecule has 0 aliphatic heterocycles. The fraction of sp³-hybridized carbons (Fsp3) is 0.176. The summed E-state index contributed by atoms with van der Waals surface area (Å²) in [4.78, 5) is 12.1. The number of halogens is 3. The van der Waals surface area contributed by atoms with Crippen LogP contribution in [-0.4, -0.2) is 16.7 Å². The summed E-state index contributed by atoms with van der Waals surface area (Å²) in [6, 6.07) is 9.34. The highest BCUT2D eigenvalue weighted by atomic mass is 19.4. The largest absolute Gasteiger partial charge is 0.507 e. The summed E-state index contributed by atoms with van der Waals surface area (Å²) in [5.74, 6) is -0.840. The number of nitrogens with zero attached hydrogens (tertiary/aromatic N) is 1. The third-order valence-corrected chi connectivity index (χ3v) is 3.43. The van der Waals surface area contributed by atoms with E-state index >= 15 is 0 Å². The Labute approximate surface area is 136 Å². The van der Waals surface area contributed by atoms with Gasteiger partial charge in [0.1, 0.15) is 5.75 Å². The molecule has 4 nitrogen and oxygen atoms in total. The maximum Gasteiger partial charge on any atom is 0.416 e. The van der Waals surface area contributed by atoms with Crippen LogP contribution in [0.3, 0.4) is 0 Å². The van der Waals surface area contributed by atoms with Crippen molar-refractivity contribution < 1.29 is 23.1 Å². The van der Waals surface area contributed by atoms with Crippen molar-refractivity contribution in [1.29, 1.82) is 0 Å². The number of aromatic hydroxyl groups is 1. The topological polar surface area (TPSA) is 61.7 Å². The molecule has 0 fully saturated rings. The van der Waals surface area contributed by atoms with Gasteiger partial charge in [0.15, 0.2) is 0 Å². The summed E-state index contributed by atoms with van der Waals surface area (Å²) in [6.07, 6.45) is -4.53. The van der Waals surface area contributed by atoms with Gasteiger partial charge in [-0.2, -0.15) is 18.3 Å². The van der Waals surface area contributed by atoms with Gasteiger partial charge in [-0.05, 0) is 43.7 Å². The normalized spacial score (nSPS) is 12.1. The second kappa shape index (κ2) is 6.74. The lowest BCUT2D eigenvalue weighted by molar-refractivity contribution is -0.137. The van der Waals surface area contributed by atoms with Gasteiger partial charge in [-0.15, -0.1) is 0 Å². The van der Waals surface area contributed by atoms with E-state index in [0.29, 0.717) is 5.56 Å². The van der Waals surface area contributed by atoms with Crippen molar-refractivity contribution in [3.8, 4) is 5.75 Å². The highest BCUT2D eigenvalue weighted by molar-refractivity contribution is 6.03. The molecule has 24 heavy (non-hydrogen) atoms. The number of carbonyl (C=O) groups excluding carboxylic acids is 1. The molecule has 0 aliphatic rings. The zero-order valence-electron chi connectivity index (χ0n) is 13.0. The molecule has 0 unspecified atom stereocenters. The molecule has 1 amide bonds. The Morgan fingerprint density at radius 2 is 1.79 bits per heavy atom. The standard InChI is InChI=1S/C17H15F3N2O2/c1-10-5-3-4-6-13(10)16(24)22-21-11(2)14-9-12(17(18,19)20)7-8-15(14)23/h3-9,23H,1-2H3,(H,22,24)/b21-11+. The molecule has 2 N–H and O–H groups in total. The van der Waals surface area contributed by atoms with Crippen LogP contribution in [0.25, 0.3) is 0 Å². The number of benzene rings is 2. The Morgan fingerprint density at radius 1 is 1.12 bits per heavy atom. The number of aryl methyl sites for hydroxylation is 1. The van der Waals surface area contributed by atoms with E-state index in [9.17, 15) is 23.1 Å². The Kier molecular flexibility index (Phi) is 4.92. The van der Waals surface area contributed by atoms with Gasteiger partial charge in [0.05, 0.1) is 11.3 Å². The predicted octanol–water partition coefficient (Wildman–Crippen LogP) is 3.87. The smallest absolute Gasteiger partial charge is 0.416 e. The Hall–Kier alpha value is -2.83. The van der Waals surface area contributed by atoms with Crippen molar-refractivity contribution >= 4 is 11.6 Å². The van der Waals surface area contributed by atoms with E-state index in [1.807, 2.05) is 0 Å². The fourth-order valence-corrected chi connectivity index (χ4v) is 2.08. The third-order valence-electron chi connectivity index (χ3n) is 3.43. The lowest BCUT2D eigenvalue weighted by Gasteiger charge is -2.10. The first kappa shape index (κ1) is 17.5. The van der Waals surface area contributed by atoms with Crippen molar-refractivity contribution in [2.75, 3.05) is 0 Å². The quantitative estimate of drug-likeness (QED) is 0.660. The molecule has 0 aromatic heterocycles. The SMILES string of the molecule is C/C(=N\NC(=O)c1ccccc1C)c1cc(C(F)(F)F)ccc1O. The number of phenols is 1. The molecule has 7 heteroatoms. The van der Waals surface area contributed by atoms with Gasteiger partial charge in [0.2, 0.25) is 0 Å². The minimum atomic E-state index is -4.53. The van der Waals surface area contributed by atoms with Gasteiger partial charge < -0.3 is 5.11 Å². The van der Waals surface area contributed by atoms with Crippen LogP contribution in [0.5, 0.6) is 5.75 Å². The van der Waals surface area contributed by atoms with Crippen LogP contribution in [0.15, 0.2) is 47.6 Å². The maximum atomic E-state index is 12.8. The van der Waals surface area contributed by atoms with Crippen LogP contribution in [-0.2, 0) is 6.18 Å². The Balaban J connectivity index is 2.25. The lowest BCUT2D eigenvalue weighted by atomic mass is 10.1. The first-order valence-electron chi connectivity index (χ1n) is 7.01. The molecule has 0 heterocycles. The van der Waals surface area contributed by atoms with Gasteiger partial charge in [0, 0.05) is 11.1 Å². The second-order valence-electron chi connectivity index (χ2n) is 5.18. The number of amides is 1. The van der Waals surface area contributed by atoms with Gasteiger partial charge in [0.25, 0.3) is 5.91 Å². The number of hydrogen-bond acceptors (Lipinski definition) is 3. The molecule has 0 bridgehead atoms.